The van der Waals surface area contributed by atoms with Gasteiger partial charge in [0.25, 0.3) is 0 Å². The van der Waals surface area contributed by atoms with Crippen LogP contribution in [0.1, 0.15) is 31.7 Å². The molecule has 0 aliphatic rings. The number of rotatable bonds is 8. The van der Waals surface area contributed by atoms with Crippen LogP contribution in [0.3, 0.4) is 0 Å². The number of carbonyl (C=O) groups is 2. The highest BCUT2D eigenvalue weighted by atomic mass is 35.5. The molecule has 1 aromatic heterocycles. The predicted octanol–water partition coefficient (Wildman–Crippen LogP) is 5.70. The van der Waals surface area contributed by atoms with Crippen LogP contribution in [-0.4, -0.2) is 23.2 Å². The molecule has 36 heavy (non-hydrogen) atoms. The monoisotopic (exact) mass is 509 g/mol. The fourth-order valence-electron chi connectivity index (χ4n) is 3.72. The quantitative estimate of drug-likeness (QED) is 0.178. The minimum Gasteiger partial charge on any atom is -0.507 e. The molecule has 0 fully saturated rings. The maximum absolute atomic E-state index is 12.9. The van der Waals surface area contributed by atoms with Gasteiger partial charge in [-0.3, -0.25) is 4.79 Å². The summed E-state index contributed by atoms with van der Waals surface area (Å²) < 4.78 is 16.4. The van der Waals surface area contributed by atoms with Gasteiger partial charge in [-0.1, -0.05) is 61.7 Å². The minimum absolute atomic E-state index is 0.0258. The Balaban J connectivity index is 1.53. The summed E-state index contributed by atoms with van der Waals surface area (Å²) in [6.07, 6.45) is 1.02. The summed E-state index contributed by atoms with van der Waals surface area (Å²) >= 11 is 6.00. The van der Waals surface area contributed by atoms with Gasteiger partial charge >= 0.3 is 12.1 Å². The second kappa shape index (κ2) is 11.1. The number of esters is 1. The average molecular weight is 510 g/mol. The first kappa shape index (κ1) is 25.1. The highest BCUT2D eigenvalue weighted by molar-refractivity contribution is 6.31. The second-order valence-corrected chi connectivity index (χ2v) is 8.65. The van der Waals surface area contributed by atoms with Gasteiger partial charge in [0.05, 0.1) is 5.39 Å². The van der Waals surface area contributed by atoms with Crippen LogP contribution >= 0.6 is 11.6 Å². The molecule has 9 heteroatoms. The van der Waals surface area contributed by atoms with E-state index in [1.807, 2.05) is 37.3 Å². The first-order valence-electron chi connectivity index (χ1n) is 11.4. The van der Waals surface area contributed by atoms with Crippen LogP contribution in [-0.2, 0) is 16.1 Å². The summed E-state index contributed by atoms with van der Waals surface area (Å²) in [4.78, 5) is 38.1. The van der Waals surface area contributed by atoms with Crippen molar-refractivity contribution in [3.8, 4) is 11.5 Å². The first-order valence-corrected chi connectivity index (χ1v) is 11.8. The minimum atomic E-state index is -0.978. The molecule has 1 heterocycles. The van der Waals surface area contributed by atoms with E-state index in [0.717, 1.165) is 18.1 Å². The maximum atomic E-state index is 12.9. The van der Waals surface area contributed by atoms with Gasteiger partial charge in [0.2, 0.25) is 5.43 Å². The fraction of sp³-hybridized carbons (Fsp3) is 0.222. The van der Waals surface area contributed by atoms with Crippen molar-refractivity contribution in [2.45, 2.75) is 38.8 Å². The number of hydrogen-bond acceptors (Lipinski definition) is 7. The van der Waals surface area contributed by atoms with Crippen LogP contribution in [0.15, 0.2) is 69.9 Å². The van der Waals surface area contributed by atoms with Gasteiger partial charge in [-0.05, 0) is 24.1 Å². The van der Waals surface area contributed by atoms with E-state index in [4.69, 9.17) is 25.5 Å². The third-order valence-corrected chi connectivity index (χ3v) is 5.78. The van der Waals surface area contributed by atoms with E-state index in [9.17, 15) is 19.5 Å². The molecule has 8 nitrogen and oxygen atoms in total. The predicted molar refractivity (Wildman–Crippen MR) is 135 cm³/mol. The number of hydrogen-bond donors (Lipinski definition) is 2. The van der Waals surface area contributed by atoms with Crippen molar-refractivity contribution in [1.82, 2.24) is 5.32 Å². The smallest absolute Gasteiger partial charge is 0.408 e. The molecule has 0 radical (unpaired) electrons. The molecule has 4 rings (SSSR count). The van der Waals surface area contributed by atoms with Gasteiger partial charge in [-0.25, -0.2) is 9.59 Å². The normalized spacial score (nSPS) is 11.8. The standard InChI is InChI=1S/C27H24ClNO7/c1-2-3-9-20(29-27(33)34-15-16-7-5-4-6-8-16)26(32)35-18-13-21(30)24-23(14-18)36-22-12-17(28)10-11-19(22)25(24)31/h4-8,10-14,20,30H,2-3,9,15H2,1H3,(H,29,33)/t20-/m1/s1. The number of fused-ring (bicyclic) bond motifs is 2. The molecule has 186 valence electrons. The highest BCUT2D eigenvalue weighted by Gasteiger charge is 2.24. The van der Waals surface area contributed by atoms with Crippen molar-refractivity contribution in [1.29, 1.82) is 0 Å². The van der Waals surface area contributed by atoms with Crippen LogP contribution in [0.2, 0.25) is 5.02 Å². The lowest BCUT2D eigenvalue weighted by atomic mass is 10.1. The van der Waals surface area contributed by atoms with E-state index in [0.29, 0.717) is 17.9 Å². The lowest BCUT2D eigenvalue weighted by Gasteiger charge is -2.17. The number of amides is 1. The fourth-order valence-corrected chi connectivity index (χ4v) is 3.88. The number of benzene rings is 3. The number of ether oxygens (including phenoxy) is 2. The summed E-state index contributed by atoms with van der Waals surface area (Å²) in [5, 5.41) is 13.6. The van der Waals surface area contributed by atoms with Gasteiger partial charge in [-0.15, -0.1) is 0 Å². The van der Waals surface area contributed by atoms with Crippen LogP contribution in [0, 0.1) is 0 Å². The Labute approximate surface area is 211 Å². The molecule has 0 saturated carbocycles. The van der Waals surface area contributed by atoms with Crippen molar-refractivity contribution >= 4 is 45.6 Å². The van der Waals surface area contributed by atoms with E-state index in [-0.39, 0.29) is 34.3 Å². The molecular formula is C27H24ClNO7. The Hall–Kier alpha value is -4.04. The van der Waals surface area contributed by atoms with Crippen molar-refractivity contribution in [3.05, 3.63) is 81.5 Å². The molecule has 0 unspecified atom stereocenters. The Kier molecular flexibility index (Phi) is 7.75. The number of aromatic hydroxyl groups is 1. The molecule has 0 saturated heterocycles. The van der Waals surface area contributed by atoms with E-state index >= 15 is 0 Å². The van der Waals surface area contributed by atoms with Crippen molar-refractivity contribution in [2.75, 3.05) is 0 Å². The van der Waals surface area contributed by atoms with Crippen molar-refractivity contribution < 1.29 is 28.6 Å². The van der Waals surface area contributed by atoms with Crippen molar-refractivity contribution in [2.24, 2.45) is 0 Å². The molecule has 1 amide bonds. The highest BCUT2D eigenvalue weighted by Crippen LogP contribution is 2.31. The lowest BCUT2D eigenvalue weighted by molar-refractivity contribution is -0.136. The van der Waals surface area contributed by atoms with Gasteiger partial charge in [0.1, 0.15) is 40.7 Å². The van der Waals surface area contributed by atoms with E-state index < -0.39 is 29.3 Å². The van der Waals surface area contributed by atoms with Gasteiger partial charge in [-0.2, -0.15) is 0 Å². The lowest BCUT2D eigenvalue weighted by Crippen LogP contribution is -2.43. The Morgan fingerprint density at radius 2 is 1.86 bits per heavy atom. The Morgan fingerprint density at radius 3 is 2.61 bits per heavy atom. The SMILES string of the molecule is CCCC[C@@H](NC(=O)OCc1ccccc1)C(=O)Oc1cc(O)c2c(=O)c3ccc(Cl)cc3oc2c1. The number of nitrogens with one attached hydrogen (secondary N) is 1. The summed E-state index contributed by atoms with van der Waals surface area (Å²) in [6.45, 7) is 2.01. The summed E-state index contributed by atoms with van der Waals surface area (Å²) in [5.74, 6) is -1.19. The Morgan fingerprint density at radius 1 is 1.08 bits per heavy atom. The largest absolute Gasteiger partial charge is 0.507 e. The summed E-state index contributed by atoms with van der Waals surface area (Å²) in [7, 11) is 0. The molecule has 0 spiro atoms. The van der Waals surface area contributed by atoms with E-state index in [2.05, 4.69) is 5.32 Å². The van der Waals surface area contributed by atoms with E-state index in [1.165, 1.54) is 18.2 Å². The van der Waals surface area contributed by atoms with Crippen LogP contribution in [0.25, 0.3) is 21.9 Å². The second-order valence-electron chi connectivity index (χ2n) is 8.21. The molecule has 1 atom stereocenters. The summed E-state index contributed by atoms with van der Waals surface area (Å²) in [6, 6.07) is 15.2. The van der Waals surface area contributed by atoms with Gasteiger partial charge < -0.3 is 24.3 Å². The third-order valence-electron chi connectivity index (χ3n) is 5.54. The Bertz CT molecular complexity index is 1470. The zero-order chi connectivity index (χ0) is 25.7. The number of phenolic OH excluding ortho intramolecular Hbond substituents is 1. The molecule has 3 aromatic carbocycles. The zero-order valence-corrected chi connectivity index (χ0v) is 20.2. The maximum Gasteiger partial charge on any atom is 0.408 e. The molecule has 0 aliphatic heterocycles. The van der Waals surface area contributed by atoms with E-state index in [1.54, 1.807) is 6.07 Å². The molecular weight excluding hydrogens is 486 g/mol. The topological polar surface area (TPSA) is 115 Å². The van der Waals surface area contributed by atoms with Crippen LogP contribution in [0.4, 0.5) is 4.79 Å². The molecule has 0 aliphatic carbocycles. The van der Waals surface area contributed by atoms with Gasteiger partial charge in [0.15, 0.2) is 0 Å². The van der Waals surface area contributed by atoms with Crippen LogP contribution < -0.4 is 15.5 Å². The van der Waals surface area contributed by atoms with Crippen LogP contribution in [0.5, 0.6) is 11.5 Å². The first-order chi connectivity index (χ1) is 17.4. The molecule has 0 bridgehead atoms. The number of halogens is 1. The zero-order valence-electron chi connectivity index (χ0n) is 19.5. The summed E-state index contributed by atoms with van der Waals surface area (Å²) in [5.41, 5.74) is 0.619. The third kappa shape index (κ3) is 5.78. The average Bonchev–Trinajstić information content (AvgIpc) is 2.85. The molecule has 2 N–H and O–H groups in total. The number of unbranched alkanes of at least 4 members (excludes halogenated alkanes) is 1. The number of alkyl carbamates (subject to hydrolysis) is 1. The van der Waals surface area contributed by atoms with Gasteiger partial charge in [0, 0.05) is 23.2 Å². The molecule has 4 aromatic rings. The number of carbonyl (C=O) groups excluding carboxylic acids is 2. The van der Waals surface area contributed by atoms with Crippen molar-refractivity contribution in [3.63, 3.8) is 0 Å². The number of phenols is 1.